The van der Waals surface area contributed by atoms with Gasteiger partial charge in [0.1, 0.15) is 0 Å². The molecule has 1 aliphatic carbocycles. The van der Waals surface area contributed by atoms with Crippen LogP contribution in [0.2, 0.25) is 0 Å². The molecule has 1 aromatic heterocycles. The van der Waals surface area contributed by atoms with Crippen LogP contribution in [-0.2, 0) is 4.79 Å². The zero-order chi connectivity index (χ0) is 13.2. The van der Waals surface area contributed by atoms with Gasteiger partial charge in [-0.1, -0.05) is 0 Å². The molecule has 2 fully saturated rings. The van der Waals surface area contributed by atoms with E-state index in [1.54, 1.807) is 17.0 Å². The Morgan fingerprint density at radius 3 is 2.79 bits per heavy atom. The topological polar surface area (TPSA) is 67.2 Å². The number of aromatic nitrogens is 2. The number of amides is 1. The maximum atomic E-state index is 12.1. The SMILES string of the molecule is O=C(CNc1nccn(C2CC2)c1=O)N1CCCC1. The molecule has 102 valence electrons. The zero-order valence-electron chi connectivity index (χ0n) is 10.8. The molecule has 2 aliphatic rings. The number of hydrogen-bond donors (Lipinski definition) is 1. The molecule has 0 atom stereocenters. The molecule has 0 unspecified atom stereocenters. The van der Waals surface area contributed by atoms with E-state index in [1.165, 1.54) is 0 Å². The molecule has 0 spiro atoms. The van der Waals surface area contributed by atoms with Crippen molar-refractivity contribution in [2.45, 2.75) is 31.7 Å². The molecule has 19 heavy (non-hydrogen) atoms. The Hall–Kier alpha value is -1.85. The van der Waals surface area contributed by atoms with Gasteiger partial charge in [-0.15, -0.1) is 0 Å². The number of carbonyl (C=O) groups is 1. The lowest BCUT2D eigenvalue weighted by molar-refractivity contribution is -0.128. The number of nitrogens with one attached hydrogen (secondary N) is 1. The van der Waals surface area contributed by atoms with Crippen molar-refractivity contribution in [1.82, 2.24) is 14.5 Å². The molecule has 1 amide bonds. The minimum atomic E-state index is -0.126. The number of likely N-dealkylation sites (tertiary alicyclic amines) is 1. The van der Waals surface area contributed by atoms with Gasteiger partial charge in [-0.25, -0.2) is 4.98 Å². The summed E-state index contributed by atoms with van der Waals surface area (Å²) in [5.74, 6) is 0.322. The van der Waals surface area contributed by atoms with Crippen molar-refractivity contribution < 1.29 is 4.79 Å². The molecule has 6 heteroatoms. The largest absolute Gasteiger partial charge is 0.356 e. The highest BCUT2D eigenvalue weighted by Crippen LogP contribution is 2.33. The van der Waals surface area contributed by atoms with E-state index in [1.807, 2.05) is 4.90 Å². The van der Waals surface area contributed by atoms with Crippen LogP contribution in [0.3, 0.4) is 0 Å². The molecule has 3 rings (SSSR count). The normalized spacial score (nSPS) is 18.6. The lowest BCUT2D eigenvalue weighted by Gasteiger charge is -2.15. The smallest absolute Gasteiger partial charge is 0.293 e. The van der Waals surface area contributed by atoms with Gasteiger partial charge in [0.25, 0.3) is 5.56 Å². The van der Waals surface area contributed by atoms with Crippen molar-refractivity contribution in [3.05, 3.63) is 22.7 Å². The van der Waals surface area contributed by atoms with Gasteiger partial charge in [0, 0.05) is 31.5 Å². The third-order valence-corrected chi connectivity index (χ3v) is 3.67. The molecule has 1 N–H and O–H groups in total. The van der Waals surface area contributed by atoms with Crippen LogP contribution in [-0.4, -0.2) is 40.0 Å². The van der Waals surface area contributed by atoms with Crippen molar-refractivity contribution in [3.8, 4) is 0 Å². The third kappa shape index (κ3) is 2.62. The van der Waals surface area contributed by atoms with Gasteiger partial charge in [0.05, 0.1) is 6.54 Å². The minimum Gasteiger partial charge on any atom is -0.356 e. The fourth-order valence-corrected chi connectivity index (χ4v) is 2.42. The Kier molecular flexibility index (Phi) is 3.23. The monoisotopic (exact) mass is 262 g/mol. The van der Waals surface area contributed by atoms with E-state index < -0.39 is 0 Å². The van der Waals surface area contributed by atoms with E-state index >= 15 is 0 Å². The van der Waals surface area contributed by atoms with E-state index in [2.05, 4.69) is 10.3 Å². The molecular weight excluding hydrogens is 244 g/mol. The molecule has 0 bridgehead atoms. The minimum absolute atomic E-state index is 0.0422. The van der Waals surface area contributed by atoms with Gasteiger partial charge in [0.15, 0.2) is 5.82 Å². The predicted octanol–water partition coefficient (Wildman–Crippen LogP) is 0.612. The Bertz CT molecular complexity index is 530. The Balaban J connectivity index is 1.64. The van der Waals surface area contributed by atoms with Crippen molar-refractivity contribution in [2.24, 2.45) is 0 Å². The number of anilines is 1. The van der Waals surface area contributed by atoms with E-state index in [0.717, 1.165) is 38.8 Å². The van der Waals surface area contributed by atoms with Crippen molar-refractivity contribution in [3.63, 3.8) is 0 Å². The first-order valence-corrected chi connectivity index (χ1v) is 6.84. The highest BCUT2D eigenvalue weighted by atomic mass is 16.2. The summed E-state index contributed by atoms with van der Waals surface area (Å²) in [4.78, 5) is 29.8. The highest BCUT2D eigenvalue weighted by molar-refractivity contribution is 5.80. The maximum absolute atomic E-state index is 12.1. The van der Waals surface area contributed by atoms with Gasteiger partial charge in [-0.3, -0.25) is 9.59 Å². The standard InChI is InChI=1S/C13H18N4O2/c18-11(16-6-1-2-7-16)9-15-12-13(19)17(8-5-14-12)10-3-4-10/h5,8,10H,1-4,6-7,9H2,(H,14,15). The summed E-state index contributed by atoms with van der Waals surface area (Å²) >= 11 is 0. The van der Waals surface area contributed by atoms with Crippen LogP contribution in [0.25, 0.3) is 0 Å². The number of hydrogen-bond acceptors (Lipinski definition) is 4. The zero-order valence-corrected chi connectivity index (χ0v) is 10.8. The van der Waals surface area contributed by atoms with E-state index in [-0.39, 0.29) is 23.8 Å². The lowest BCUT2D eigenvalue weighted by atomic mass is 10.4. The van der Waals surface area contributed by atoms with Crippen LogP contribution in [0.1, 0.15) is 31.7 Å². The molecule has 1 saturated carbocycles. The fourth-order valence-electron chi connectivity index (χ4n) is 2.42. The van der Waals surface area contributed by atoms with Crippen LogP contribution in [0.5, 0.6) is 0 Å². The summed E-state index contributed by atoms with van der Waals surface area (Å²) in [6.45, 7) is 1.81. The van der Waals surface area contributed by atoms with Crippen molar-refractivity contribution in [1.29, 1.82) is 0 Å². The molecular formula is C13H18N4O2. The summed E-state index contributed by atoms with van der Waals surface area (Å²) in [5.41, 5.74) is -0.126. The summed E-state index contributed by atoms with van der Waals surface area (Å²) in [5, 5.41) is 2.88. The van der Waals surface area contributed by atoms with Crippen LogP contribution in [0.15, 0.2) is 17.2 Å². The second kappa shape index (κ2) is 5.03. The average molecular weight is 262 g/mol. The highest BCUT2D eigenvalue weighted by Gasteiger charge is 2.25. The van der Waals surface area contributed by atoms with Crippen LogP contribution in [0.4, 0.5) is 5.82 Å². The first-order chi connectivity index (χ1) is 9.25. The first kappa shape index (κ1) is 12.2. The lowest BCUT2D eigenvalue weighted by Crippen LogP contribution is -2.34. The van der Waals surface area contributed by atoms with Gasteiger partial charge in [-0.2, -0.15) is 0 Å². The second-order valence-corrected chi connectivity index (χ2v) is 5.16. The summed E-state index contributed by atoms with van der Waals surface area (Å²) in [6, 6.07) is 0.324. The van der Waals surface area contributed by atoms with Crippen molar-refractivity contribution >= 4 is 11.7 Å². The Morgan fingerprint density at radius 2 is 2.11 bits per heavy atom. The Labute approximate surface area is 111 Å². The van der Waals surface area contributed by atoms with Crippen LogP contribution in [0, 0.1) is 0 Å². The molecule has 1 saturated heterocycles. The van der Waals surface area contributed by atoms with Gasteiger partial charge in [-0.05, 0) is 25.7 Å². The summed E-state index contributed by atoms with van der Waals surface area (Å²) in [7, 11) is 0. The molecule has 0 radical (unpaired) electrons. The molecule has 1 aliphatic heterocycles. The summed E-state index contributed by atoms with van der Waals surface area (Å²) < 4.78 is 1.70. The average Bonchev–Trinajstić information content (AvgIpc) is 3.11. The Morgan fingerprint density at radius 1 is 1.37 bits per heavy atom. The van der Waals surface area contributed by atoms with Crippen LogP contribution >= 0.6 is 0 Å². The third-order valence-electron chi connectivity index (χ3n) is 3.67. The van der Waals surface area contributed by atoms with E-state index in [4.69, 9.17) is 0 Å². The van der Waals surface area contributed by atoms with Crippen molar-refractivity contribution in [2.75, 3.05) is 25.0 Å². The molecule has 0 aromatic carbocycles. The second-order valence-electron chi connectivity index (χ2n) is 5.16. The van der Waals surface area contributed by atoms with E-state index in [9.17, 15) is 9.59 Å². The maximum Gasteiger partial charge on any atom is 0.293 e. The quantitative estimate of drug-likeness (QED) is 0.863. The van der Waals surface area contributed by atoms with Gasteiger partial charge >= 0.3 is 0 Å². The number of nitrogens with zero attached hydrogens (tertiary/aromatic N) is 3. The number of carbonyl (C=O) groups excluding carboxylic acids is 1. The van der Waals surface area contributed by atoms with Crippen LogP contribution < -0.4 is 10.9 Å². The summed E-state index contributed by atoms with van der Waals surface area (Å²) in [6.07, 6.45) is 7.58. The first-order valence-electron chi connectivity index (χ1n) is 6.84. The molecule has 6 nitrogen and oxygen atoms in total. The van der Waals surface area contributed by atoms with Gasteiger partial charge < -0.3 is 14.8 Å². The van der Waals surface area contributed by atoms with Gasteiger partial charge in [0.2, 0.25) is 5.91 Å². The van der Waals surface area contributed by atoms with E-state index in [0.29, 0.717) is 6.04 Å². The molecule has 1 aromatic rings. The molecule has 2 heterocycles. The fraction of sp³-hybridized carbons (Fsp3) is 0.615. The predicted molar refractivity (Wildman–Crippen MR) is 71.1 cm³/mol. The number of rotatable bonds is 4.